The molecule has 0 aromatic heterocycles. The Balaban J connectivity index is 0.00000361. The minimum atomic E-state index is 0. The van der Waals surface area contributed by atoms with Gasteiger partial charge in [-0.05, 0) is 43.5 Å². The number of hydrogen-bond donors (Lipinski definition) is 1. The second-order valence-electron chi connectivity index (χ2n) is 4.32. The molecule has 20 heavy (non-hydrogen) atoms. The lowest BCUT2D eigenvalue weighted by atomic mass is 10.3. The van der Waals surface area contributed by atoms with Crippen molar-refractivity contribution >= 4 is 46.0 Å². The van der Waals surface area contributed by atoms with Crippen molar-refractivity contribution < 1.29 is 4.79 Å². The van der Waals surface area contributed by atoms with Gasteiger partial charge in [0, 0.05) is 35.9 Å². The van der Waals surface area contributed by atoms with E-state index in [1.54, 1.807) is 16.7 Å². The first-order chi connectivity index (χ1) is 9.13. The molecule has 0 unspecified atom stereocenters. The molecule has 0 aliphatic carbocycles. The number of likely N-dealkylation sites (N-methyl/N-ethyl adjacent to an activating group) is 2. The molecule has 1 amide bonds. The Morgan fingerprint density at radius 1 is 1.35 bits per heavy atom. The van der Waals surface area contributed by atoms with E-state index in [9.17, 15) is 4.79 Å². The molecule has 0 saturated heterocycles. The van der Waals surface area contributed by atoms with Crippen molar-refractivity contribution in [3.8, 4) is 0 Å². The molecule has 0 atom stereocenters. The van der Waals surface area contributed by atoms with E-state index >= 15 is 0 Å². The van der Waals surface area contributed by atoms with Crippen LogP contribution < -0.4 is 5.32 Å². The third kappa shape index (κ3) is 8.15. The fourth-order valence-corrected chi connectivity index (χ4v) is 2.66. The molecule has 114 valence electrons. The van der Waals surface area contributed by atoms with E-state index in [4.69, 9.17) is 0 Å². The second kappa shape index (κ2) is 11.4. The zero-order valence-electron chi connectivity index (χ0n) is 11.9. The van der Waals surface area contributed by atoms with Crippen LogP contribution in [-0.2, 0) is 4.79 Å². The predicted molar refractivity (Wildman–Crippen MR) is 92.9 cm³/mol. The first-order valence-corrected chi connectivity index (χ1v) is 8.18. The SMILES string of the molecule is CNCCN(C)C(=O)CCCSc1ccc(Br)cc1.Cl. The fourth-order valence-electron chi connectivity index (χ4n) is 1.54. The number of rotatable bonds is 8. The molecule has 0 aliphatic heterocycles. The average Bonchev–Trinajstić information content (AvgIpc) is 2.42. The maximum absolute atomic E-state index is 11.8. The number of amides is 1. The molecule has 0 aliphatic rings. The monoisotopic (exact) mass is 380 g/mol. The molecule has 1 N–H and O–H groups in total. The van der Waals surface area contributed by atoms with Gasteiger partial charge in [-0.1, -0.05) is 15.9 Å². The van der Waals surface area contributed by atoms with E-state index in [0.29, 0.717) is 6.42 Å². The van der Waals surface area contributed by atoms with E-state index in [-0.39, 0.29) is 18.3 Å². The van der Waals surface area contributed by atoms with Gasteiger partial charge in [0.1, 0.15) is 0 Å². The topological polar surface area (TPSA) is 32.3 Å². The van der Waals surface area contributed by atoms with Crippen LogP contribution in [0.4, 0.5) is 0 Å². The van der Waals surface area contributed by atoms with Crippen molar-refractivity contribution in [2.75, 3.05) is 32.9 Å². The Morgan fingerprint density at radius 2 is 2.00 bits per heavy atom. The van der Waals surface area contributed by atoms with Crippen molar-refractivity contribution in [2.45, 2.75) is 17.7 Å². The average molecular weight is 382 g/mol. The third-order valence-electron chi connectivity index (χ3n) is 2.74. The van der Waals surface area contributed by atoms with Gasteiger partial charge in [-0.25, -0.2) is 0 Å². The van der Waals surface area contributed by atoms with Gasteiger partial charge in [-0.3, -0.25) is 4.79 Å². The number of hydrogen-bond acceptors (Lipinski definition) is 3. The lowest BCUT2D eigenvalue weighted by Gasteiger charge is -2.16. The van der Waals surface area contributed by atoms with Crippen LogP contribution in [0.1, 0.15) is 12.8 Å². The fraction of sp³-hybridized carbons (Fsp3) is 0.500. The molecule has 0 spiro atoms. The molecule has 0 saturated carbocycles. The summed E-state index contributed by atoms with van der Waals surface area (Å²) in [6.45, 7) is 1.62. The zero-order chi connectivity index (χ0) is 14.1. The van der Waals surface area contributed by atoms with Gasteiger partial charge < -0.3 is 10.2 Å². The largest absolute Gasteiger partial charge is 0.344 e. The van der Waals surface area contributed by atoms with Crippen molar-refractivity contribution in [3.05, 3.63) is 28.7 Å². The van der Waals surface area contributed by atoms with Crippen LogP contribution in [0.15, 0.2) is 33.6 Å². The van der Waals surface area contributed by atoms with Gasteiger partial charge in [-0.15, -0.1) is 24.2 Å². The van der Waals surface area contributed by atoms with E-state index in [2.05, 4.69) is 33.4 Å². The van der Waals surface area contributed by atoms with Gasteiger partial charge in [-0.2, -0.15) is 0 Å². The summed E-state index contributed by atoms with van der Waals surface area (Å²) in [4.78, 5) is 14.8. The molecule has 0 radical (unpaired) electrons. The number of benzene rings is 1. The molecule has 0 bridgehead atoms. The number of carbonyl (C=O) groups excluding carboxylic acids is 1. The molecule has 1 aromatic carbocycles. The van der Waals surface area contributed by atoms with Gasteiger partial charge in [0.2, 0.25) is 5.91 Å². The summed E-state index contributed by atoms with van der Waals surface area (Å²) < 4.78 is 1.10. The Bertz CT molecular complexity index is 389. The van der Waals surface area contributed by atoms with Crippen LogP contribution in [-0.4, -0.2) is 43.7 Å². The first kappa shape index (κ1) is 19.8. The Morgan fingerprint density at radius 3 is 2.60 bits per heavy atom. The summed E-state index contributed by atoms with van der Waals surface area (Å²) in [7, 11) is 3.76. The Hall–Kier alpha value is -0.230. The highest BCUT2D eigenvalue weighted by atomic mass is 79.9. The maximum atomic E-state index is 11.8. The summed E-state index contributed by atoms with van der Waals surface area (Å²) in [6, 6.07) is 8.27. The standard InChI is InChI=1S/C14H21BrN2OS.ClH/c1-16-9-10-17(2)14(18)4-3-11-19-13-7-5-12(15)6-8-13;/h5-8,16H,3-4,9-11H2,1-2H3;1H. The van der Waals surface area contributed by atoms with Crippen LogP contribution in [0, 0.1) is 0 Å². The number of nitrogens with one attached hydrogen (secondary N) is 1. The Labute approximate surface area is 140 Å². The summed E-state index contributed by atoms with van der Waals surface area (Å²) in [5.41, 5.74) is 0. The van der Waals surface area contributed by atoms with Gasteiger partial charge in [0.05, 0.1) is 0 Å². The van der Waals surface area contributed by atoms with E-state index in [1.807, 2.05) is 26.2 Å². The predicted octanol–water partition coefficient (Wildman–Crippen LogP) is 3.42. The lowest BCUT2D eigenvalue weighted by molar-refractivity contribution is -0.129. The van der Waals surface area contributed by atoms with Crippen LogP contribution in [0.25, 0.3) is 0 Å². The summed E-state index contributed by atoms with van der Waals surface area (Å²) in [5.74, 6) is 1.21. The third-order valence-corrected chi connectivity index (χ3v) is 4.37. The molecular weight excluding hydrogens is 360 g/mol. The molecule has 3 nitrogen and oxygen atoms in total. The minimum absolute atomic E-state index is 0. The van der Waals surface area contributed by atoms with E-state index < -0.39 is 0 Å². The Kier molecular flexibility index (Phi) is 11.3. The highest BCUT2D eigenvalue weighted by Gasteiger charge is 2.07. The molecule has 0 heterocycles. The van der Waals surface area contributed by atoms with Crippen LogP contribution in [0.3, 0.4) is 0 Å². The quantitative estimate of drug-likeness (QED) is 0.553. The normalized spacial score (nSPS) is 9.95. The van der Waals surface area contributed by atoms with Crippen LogP contribution in [0.2, 0.25) is 0 Å². The minimum Gasteiger partial charge on any atom is -0.344 e. The van der Waals surface area contributed by atoms with E-state index in [0.717, 1.165) is 29.7 Å². The second-order valence-corrected chi connectivity index (χ2v) is 6.41. The van der Waals surface area contributed by atoms with Gasteiger partial charge in [0.15, 0.2) is 0 Å². The molecule has 1 aromatic rings. The number of carbonyl (C=O) groups is 1. The number of nitrogens with zero attached hydrogens (tertiary/aromatic N) is 1. The zero-order valence-corrected chi connectivity index (χ0v) is 15.1. The van der Waals surface area contributed by atoms with Gasteiger partial charge >= 0.3 is 0 Å². The molecule has 0 fully saturated rings. The van der Waals surface area contributed by atoms with Crippen LogP contribution in [0.5, 0.6) is 0 Å². The van der Waals surface area contributed by atoms with Crippen molar-refractivity contribution in [3.63, 3.8) is 0 Å². The van der Waals surface area contributed by atoms with Crippen molar-refractivity contribution in [1.82, 2.24) is 10.2 Å². The van der Waals surface area contributed by atoms with E-state index in [1.165, 1.54) is 4.90 Å². The van der Waals surface area contributed by atoms with Crippen LogP contribution >= 0.6 is 40.1 Å². The molecular formula is C14H22BrClN2OS. The highest BCUT2D eigenvalue weighted by molar-refractivity contribution is 9.10. The summed E-state index contributed by atoms with van der Waals surface area (Å²) >= 11 is 5.22. The first-order valence-electron chi connectivity index (χ1n) is 6.40. The summed E-state index contributed by atoms with van der Waals surface area (Å²) in [6.07, 6.45) is 1.55. The lowest BCUT2D eigenvalue weighted by Crippen LogP contribution is -2.32. The van der Waals surface area contributed by atoms with Crippen molar-refractivity contribution in [1.29, 1.82) is 0 Å². The molecule has 6 heteroatoms. The highest BCUT2D eigenvalue weighted by Crippen LogP contribution is 2.21. The van der Waals surface area contributed by atoms with Crippen molar-refractivity contribution in [2.24, 2.45) is 0 Å². The summed E-state index contributed by atoms with van der Waals surface area (Å²) in [5, 5.41) is 3.04. The molecule has 1 rings (SSSR count). The number of halogens is 2. The maximum Gasteiger partial charge on any atom is 0.222 e. The number of thioether (sulfide) groups is 1. The van der Waals surface area contributed by atoms with Gasteiger partial charge in [0.25, 0.3) is 0 Å². The smallest absolute Gasteiger partial charge is 0.222 e.